The summed E-state index contributed by atoms with van der Waals surface area (Å²) in [6, 6.07) is 5.57. The highest BCUT2D eigenvalue weighted by molar-refractivity contribution is 9.10. The van der Waals surface area contributed by atoms with Crippen LogP contribution in [0.25, 0.3) is 0 Å². The van der Waals surface area contributed by atoms with Crippen molar-refractivity contribution in [1.82, 2.24) is 4.90 Å². The molecule has 1 aromatic carbocycles. The number of carbonyl (C=O) groups excluding carboxylic acids is 1. The monoisotopic (exact) mass is 353 g/mol. The van der Waals surface area contributed by atoms with Crippen LogP contribution in [0.3, 0.4) is 0 Å². The van der Waals surface area contributed by atoms with Crippen molar-refractivity contribution in [2.75, 3.05) is 13.1 Å². The molecule has 0 unspecified atom stereocenters. The van der Waals surface area contributed by atoms with Crippen molar-refractivity contribution in [2.24, 2.45) is 5.41 Å². The first kappa shape index (κ1) is 15.6. The topological polar surface area (TPSA) is 20.3 Å². The second-order valence-corrected chi connectivity index (χ2v) is 7.54. The van der Waals surface area contributed by atoms with Crippen LogP contribution in [0.2, 0.25) is 0 Å². The van der Waals surface area contributed by atoms with E-state index in [2.05, 4.69) is 55.4 Å². The molecule has 0 radical (unpaired) electrons. The molecule has 108 valence electrons. The molecule has 0 saturated heterocycles. The zero-order valence-electron chi connectivity index (χ0n) is 12.1. The zero-order valence-corrected chi connectivity index (χ0v) is 14.6. The highest BCUT2D eigenvalue weighted by Gasteiger charge is 2.24. The van der Waals surface area contributed by atoms with Gasteiger partial charge in [-0.25, -0.2) is 0 Å². The lowest BCUT2D eigenvalue weighted by atomic mass is 9.83. The molecule has 0 aliphatic carbocycles. The molecular formula is C16H20BrNOS. The summed E-state index contributed by atoms with van der Waals surface area (Å²) in [6.45, 7) is 8.13. The Bertz CT molecular complexity index is 560. The second-order valence-electron chi connectivity index (χ2n) is 6.14. The zero-order chi connectivity index (χ0) is 14.9. The van der Waals surface area contributed by atoms with Gasteiger partial charge in [-0.2, -0.15) is 0 Å². The molecule has 0 bridgehead atoms. The van der Waals surface area contributed by atoms with Gasteiger partial charge in [0.2, 0.25) is 0 Å². The van der Waals surface area contributed by atoms with E-state index in [4.69, 9.17) is 0 Å². The summed E-state index contributed by atoms with van der Waals surface area (Å²) in [5, 5.41) is 0. The SMILES string of the molecule is CC(C)(C)C1=CCN(C(=O)c2ccc(Br)cc2S)CC1. The molecule has 1 aromatic rings. The van der Waals surface area contributed by atoms with Crippen molar-refractivity contribution in [3.63, 3.8) is 0 Å². The predicted molar refractivity (Wildman–Crippen MR) is 89.5 cm³/mol. The minimum atomic E-state index is 0.0618. The highest BCUT2D eigenvalue weighted by Crippen LogP contribution is 2.31. The van der Waals surface area contributed by atoms with Crippen LogP contribution in [0.15, 0.2) is 39.2 Å². The van der Waals surface area contributed by atoms with Gasteiger partial charge in [-0.3, -0.25) is 4.79 Å². The summed E-state index contributed by atoms with van der Waals surface area (Å²) in [5.74, 6) is 0.0618. The molecule has 4 heteroatoms. The van der Waals surface area contributed by atoms with E-state index in [1.54, 1.807) is 0 Å². The summed E-state index contributed by atoms with van der Waals surface area (Å²) in [5.41, 5.74) is 2.30. The molecule has 2 nitrogen and oxygen atoms in total. The van der Waals surface area contributed by atoms with Crippen LogP contribution < -0.4 is 0 Å². The lowest BCUT2D eigenvalue weighted by molar-refractivity contribution is 0.0761. The van der Waals surface area contributed by atoms with E-state index in [1.807, 2.05) is 23.1 Å². The van der Waals surface area contributed by atoms with Gasteiger partial charge in [-0.15, -0.1) is 12.6 Å². The van der Waals surface area contributed by atoms with Crippen molar-refractivity contribution in [2.45, 2.75) is 32.1 Å². The average molecular weight is 354 g/mol. The molecule has 1 aliphatic rings. The lowest BCUT2D eigenvalue weighted by Gasteiger charge is -2.32. The lowest BCUT2D eigenvalue weighted by Crippen LogP contribution is -2.36. The summed E-state index contributed by atoms with van der Waals surface area (Å²) in [6.07, 6.45) is 3.14. The number of hydrogen-bond donors (Lipinski definition) is 1. The number of hydrogen-bond acceptors (Lipinski definition) is 2. The molecule has 0 saturated carbocycles. The molecule has 1 heterocycles. The molecule has 0 aromatic heterocycles. The van der Waals surface area contributed by atoms with Gasteiger partial charge in [0, 0.05) is 22.5 Å². The molecule has 20 heavy (non-hydrogen) atoms. The van der Waals surface area contributed by atoms with E-state index in [0.717, 1.165) is 22.3 Å². The molecule has 0 atom stereocenters. The van der Waals surface area contributed by atoms with Crippen LogP contribution in [-0.2, 0) is 0 Å². The van der Waals surface area contributed by atoms with Gasteiger partial charge in [-0.05, 0) is 30.0 Å². The molecule has 2 rings (SSSR count). The smallest absolute Gasteiger partial charge is 0.255 e. The van der Waals surface area contributed by atoms with Crippen molar-refractivity contribution in [1.29, 1.82) is 0 Å². The number of halogens is 1. The van der Waals surface area contributed by atoms with E-state index in [9.17, 15) is 4.79 Å². The van der Waals surface area contributed by atoms with Crippen LogP contribution in [0.4, 0.5) is 0 Å². The normalized spacial score (nSPS) is 16.1. The van der Waals surface area contributed by atoms with Crippen LogP contribution in [0, 0.1) is 5.41 Å². The molecule has 1 amide bonds. The van der Waals surface area contributed by atoms with E-state index >= 15 is 0 Å². The minimum absolute atomic E-state index is 0.0618. The van der Waals surface area contributed by atoms with Crippen molar-refractivity contribution < 1.29 is 4.79 Å². The maximum atomic E-state index is 12.5. The Balaban J connectivity index is 2.14. The van der Waals surface area contributed by atoms with Crippen molar-refractivity contribution in [3.8, 4) is 0 Å². The van der Waals surface area contributed by atoms with Crippen molar-refractivity contribution >= 4 is 34.5 Å². The van der Waals surface area contributed by atoms with Crippen molar-refractivity contribution in [3.05, 3.63) is 39.9 Å². The van der Waals surface area contributed by atoms with Crippen LogP contribution in [0.5, 0.6) is 0 Å². The Morgan fingerprint density at radius 1 is 1.35 bits per heavy atom. The maximum absolute atomic E-state index is 12.5. The van der Waals surface area contributed by atoms with Gasteiger partial charge in [-0.1, -0.05) is 48.4 Å². The highest BCUT2D eigenvalue weighted by atomic mass is 79.9. The number of benzene rings is 1. The standard InChI is InChI=1S/C16H20BrNOS/c1-16(2,3)11-6-8-18(9-7-11)15(19)13-5-4-12(17)10-14(13)20/h4-6,10,20H,7-9H2,1-3H3. The first-order valence-electron chi connectivity index (χ1n) is 6.76. The quantitative estimate of drug-likeness (QED) is 0.579. The largest absolute Gasteiger partial charge is 0.335 e. The third kappa shape index (κ3) is 3.47. The Hall–Kier alpha value is -0.740. The fourth-order valence-corrected chi connectivity index (χ4v) is 3.24. The summed E-state index contributed by atoms with van der Waals surface area (Å²) in [7, 11) is 0. The number of amides is 1. The van der Waals surface area contributed by atoms with E-state index < -0.39 is 0 Å². The number of thiol groups is 1. The second kappa shape index (κ2) is 5.94. The molecule has 0 fully saturated rings. The minimum Gasteiger partial charge on any atom is -0.335 e. The Kier molecular flexibility index (Phi) is 4.65. The summed E-state index contributed by atoms with van der Waals surface area (Å²) in [4.78, 5) is 15.1. The molecular weight excluding hydrogens is 334 g/mol. The number of carbonyl (C=O) groups is 1. The number of rotatable bonds is 1. The van der Waals surface area contributed by atoms with Gasteiger partial charge in [0.15, 0.2) is 0 Å². The van der Waals surface area contributed by atoms with E-state index in [-0.39, 0.29) is 11.3 Å². The average Bonchev–Trinajstić information content (AvgIpc) is 2.37. The van der Waals surface area contributed by atoms with Crippen LogP contribution in [0.1, 0.15) is 37.6 Å². The fraction of sp³-hybridized carbons (Fsp3) is 0.438. The van der Waals surface area contributed by atoms with Gasteiger partial charge in [0.05, 0.1) is 5.56 Å². The van der Waals surface area contributed by atoms with Gasteiger partial charge < -0.3 is 4.90 Å². The Morgan fingerprint density at radius 2 is 2.05 bits per heavy atom. The first-order chi connectivity index (χ1) is 9.29. The van der Waals surface area contributed by atoms with Gasteiger partial charge in [0.1, 0.15) is 0 Å². The van der Waals surface area contributed by atoms with Gasteiger partial charge >= 0.3 is 0 Å². The fourth-order valence-electron chi connectivity index (χ4n) is 2.39. The number of nitrogens with zero attached hydrogens (tertiary/aromatic N) is 1. The first-order valence-corrected chi connectivity index (χ1v) is 8.00. The Labute approximate surface area is 134 Å². The molecule has 1 aliphatic heterocycles. The van der Waals surface area contributed by atoms with E-state index in [1.165, 1.54) is 5.57 Å². The third-order valence-electron chi connectivity index (χ3n) is 3.65. The molecule has 0 N–H and O–H groups in total. The van der Waals surface area contributed by atoms with Crippen LogP contribution in [-0.4, -0.2) is 23.9 Å². The molecule has 0 spiro atoms. The van der Waals surface area contributed by atoms with E-state index in [0.29, 0.717) is 12.1 Å². The summed E-state index contributed by atoms with van der Waals surface area (Å²) >= 11 is 7.79. The van der Waals surface area contributed by atoms with Gasteiger partial charge in [0.25, 0.3) is 5.91 Å². The third-order valence-corrected chi connectivity index (χ3v) is 4.51. The Morgan fingerprint density at radius 3 is 2.55 bits per heavy atom. The predicted octanol–water partition coefficient (Wildman–Crippen LogP) is 4.56. The summed E-state index contributed by atoms with van der Waals surface area (Å²) < 4.78 is 0.938. The maximum Gasteiger partial charge on any atom is 0.255 e. The van der Waals surface area contributed by atoms with Crippen LogP contribution >= 0.6 is 28.6 Å².